The molecule has 0 spiro atoms. The Morgan fingerprint density at radius 2 is 1.20 bits per heavy atom. The third-order valence-electron chi connectivity index (χ3n) is 4.92. The summed E-state index contributed by atoms with van der Waals surface area (Å²) in [7, 11) is -2.89. The molecule has 0 bridgehead atoms. The van der Waals surface area contributed by atoms with Crippen molar-refractivity contribution >= 4 is 8.80 Å². The molecule has 0 N–H and O–H groups in total. The van der Waals surface area contributed by atoms with E-state index in [1.807, 2.05) is 20.8 Å². The minimum absolute atomic E-state index is 0.136. The lowest BCUT2D eigenvalue weighted by molar-refractivity contribution is 0.0704. The normalized spacial score (nSPS) is 20.5. The minimum Gasteiger partial charge on any atom is -0.374 e. The van der Waals surface area contributed by atoms with Crippen molar-refractivity contribution in [1.29, 1.82) is 0 Å². The van der Waals surface area contributed by atoms with Gasteiger partial charge in [0.1, 0.15) is 0 Å². The van der Waals surface area contributed by atoms with Crippen molar-refractivity contribution < 1.29 is 22.8 Å². The van der Waals surface area contributed by atoms with Gasteiger partial charge in [0.05, 0.1) is 38.5 Å². The van der Waals surface area contributed by atoms with Gasteiger partial charge in [-0.15, -0.1) is 0 Å². The third kappa shape index (κ3) is 5.56. The SMILES string of the molecule is CCO[Si](CCCn1c(=O)n(CC2CO2)c(=O)n(CC2CO2)c1=O)(OCC)OCC. The van der Waals surface area contributed by atoms with Gasteiger partial charge in [-0.3, -0.25) is 0 Å². The highest BCUT2D eigenvalue weighted by molar-refractivity contribution is 6.60. The van der Waals surface area contributed by atoms with Crippen molar-refractivity contribution in [3.05, 3.63) is 31.5 Å². The van der Waals surface area contributed by atoms with Crippen LogP contribution in [0.2, 0.25) is 6.04 Å². The van der Waals surface area contributed by atoms with Crippen molar-refractivity contribution in [3.8, 4) is 0 Å². The first kappa shape index (κ1) is 23.1. The van der Waals surface area contributed by atoms with Gasteiger partial charge in [-0.1, -0.05) is 0 Å². The third-order valence-corrected chi connectivity index (χ3v) is 8.07. The molecule has 0 amide bonds. The summed E-state index contributed by atoms with van der Waals surface area (Å²) in [6.45, 7) is 8.39. The summed E-state index contributed by atoms with van der Waals surface area (Å²) in [6.07, 6.45) is 0.112. The Balaban J connectivity index is 1.84. The van der Waals surface area contributed by atoms with Crippen LogP contribution >= 0.6 is 0 Å². The molecule has 2 aliphatic heterocycles. The topological polar surface area (TPSA) is 119 Å². The van der Waals surface area contributed by atoms with Crippen LogP contribution in [-0.2, 0) is 42.4 Å². The van der Waals surface area contributed by atoms with E-state index in [9.17, 15) is 14.4 Å². The second-order valence-corrected chi connectivity index (χ2v) is 9.95. The summed E-state index contributed by atoms with van der Waals surface area (Å²) in [4.78, 5) is 38.5. The molecule has 12 heteroatoms. The fourth-order valence-electron chi connectivity index (χ4n) is 3.40. The molecule has 2 fully saturated rings. The predicted molar refractivity (Wildman–Crippen MR) is 109 cm³/mol. The number of aromatic nitrogens is 3. The summed E-state index contributed by atoms with van der Waals surface area (Å²) < 4.78 is 31.1. The van der Waals surface area contributed by atoms with E-state index in [0.29, 0.717) is 45.5 Å². The zero-order valence-electron chi connectivity index (χ0n) is 17.8. The molecule has 2 atom stereocenters. The minimum atomic E-state index is -2.89. The lowest BCUT2D eigenvalue weighted by Crippen LogP contribution is -2.55. The van der Waals surface area contributed by atoms with Crippen LogP contribution in [0.3, 0.4) is 0 Å². The summed E-state index contributed by atoms with van der Waals surface area (Å²) in [6, 6.07) is 0.463. The Morgan fingerprint density at radius 1 is 0.800 bits per heavy atom. The van der Waals surface area contributed by atoms with E-state index in [1.165, 1.54) is 0 Å². The smallest absolute Gasteiger partial charge is 0.374 e. The molecule has 30 heavy (non-hydrogen) atoms. The van der Waals surface area contributed by atoms with Gasteiger partial charge in [0.15, 0.2) is 0 Å². The summed E-state index contributed by atoms with van der Waals surface area (Å²) in [5.74, 6) is 0. The largest absolute Gasteiger partial charge is 0.500 e. The van der Waals surface area contributed by atoms with Gasteiger partial charge in [0.25, 0.3) is 0 Å². The summed E-state index contributed by atoms with van der Waals surface area (Å²) in [5, 5.41) is 0. The van der Waals surface area contributed by atoms with E-state index in [0.717, 1.165) is 13.7 Å². The zero-order valence-corrected chi connectivity index (χ0v) is 18.8. The molecule has 0 saturated carbocycles. The zero-order chi connectivity index (χ0) is 21.7. The predicted octanol–water partition coefficient (Wildman–Crippen LogP) is -0.592. The maximum absolute atomic E-state index is 12.9. The van der Waals surface area contributed by atoms with Crippen LogP contribution in [-0.4, -0.2) is 67.7 Å². The van der Waals surface area contributed by atoms with Gasteiger partial charge in [-0.25, -0.2) is 28.1 Å². The number of hydrogen-bond acceptors (Lipinski definition) is 8. The Hall–Kier alpha value is -1.57. The molecule has 11 nitrogen and oxygen atoms in total. The molecule has 170 valence electrons. The van der Waals surface area contributed by atoms with E-state index >= 15 is 0 Å². The molecular formula is C18H31N3O8Si. The van der Waals surface area contributed by atoms with E-state index in [-0.39, 0.29) is 31.8 Å². The van der Waals surface area contributed by atoms with Crippen LogP contribution in [0.15, 0.2) is 14.4 Å². The fraction of sp³-hybridized carbons (Fsp3) is 0.833. The fourth-order valence-corrected chi connectivity index (χ4v) is 5.99. The van der Waals surface area contributed by atoms with Crippen LogP contribution in [0.4, 0.5) is 0 Å². The number of epoxide rings is 2. The summed E-state index contributed by atoms with van der Waals surface area (Å²) >= 11 is 0. The molecule has 0 aliphatic carbocycles. The van der Waals surface area contributed by atoms with Gasteiger partial charge < -0.3 is 22.8 Å². The first-order chi connectivity index (χ1) is 14.4. The molecule has 0 aromatic carbocycles. The molecule has 3 rings (SSSR count). The second-order valence-electron chi connectivity index (χ2n) is 7.22. The van der Waals surface area contributed by atoms with Crippen LogP contribution in [0.1, 0.15) is 27.2 Å². The number of hydrogen-bond donors (Lipinski definition) is 0. The standard InChI is InChI=1S/C18H31N3O8Si/c1-4-27-30(28-5-2,29-6-3)9-7-8-19-16(22)20(10-14-12-25-14)18(24)21(17(19)23)11-15-13-26-15/h14-15H,4-13H2,1-3H3. The highest BCUT2D eigenvalue weighted by Gasteiger charge is 2.40. The van der Waals surface area contributed by atoms with Crippen LogP contribution < -0.4 is 17.1 Å². The molecule has 2 unspecified atom stereocenters. The van der Waals surface area contributed by atoms with Gasteiger partial charge in [0.2, 0.25) is 0 Å². The van der Waals surface area contributed by atoms with Gasteiger partial charge in [0, 0.05) is 32.4 Å². The molecule has 2 aliphatic rings. The number of rotatable bonds is 14. The van der Waals surface area contributed by atoms with Gasteiger partial charge in [-0.05, 0) is 27.2 Å². The Morgan fingerprint density at radius 3 is 1.57 bits per heavy atom. The van der Waals surface area contributed by atoms with Gasteiger partial charge in [-0.2, -0.15) is 0 Å². The molecular weight excluding hydrogens is 414 g/mol. The second kappa shape index (κ2) is 10.2. The Bertz CT molecular complexity index is 818. The average Bonchev–Trinajstić information content (AvgIpc) is 3.61. The van der Waals surface area contributed by atoms with E-state index in [4.69, 9.17) is 22.8 Å². The molecule has 1 aromatic rings. The Kier molecular flexibility index (Phi) is 7.82. The molecule has 0 radical (unpaired) electrons. The van der Waals surface area contributed by atoms with Crippen LogP contribution in [0.5, 0.6) is 0 Å². The number of nitrogens with zero attached hydrogens (tertiary/aromatic N) is 3. The monoisotopic (exact) mass is 445 g/mol. The highest BCUT2D eigenvalue weighted by Crippen LogP contribution is 2.18. The quantitative estimate of drug-likeness (QED) is 0.275. The summed E-state index contributed by atoms with van der Waals surface area (Å²) in [5.41, 5.74) is -1.86. The maximum atomic E-state index is 12.9. The van der Waals surface area contributed by atoms with Crippen molar-refractivity contribution in [3.63, 3.8) is 0 Å². The molecule has 1 aromatic heterocycles. The number of ether oxygens (including phenoxy) is 2. The van der Waals surface area contributed by atoms with Crippen molar-refractivity contribution in [2.45, 2.75) is 65.1 Å². The van der Waals surface area contributed by atoms with Crippen LogP contribution in [0, 0.1) is 0 Å². The van der Waals surface area contributed by atoms with E-state index in [2.05, 4.69) is 0 Å². The van der Waals surface area contributed by atoms with E-state index in [1.54, 1.807) is 0 Å². The van der Waals surface area contributed by atoms with E-state index < -0.39 is 25.9 Å². The first-order valence-corrected chi connectivity index (χ1v) is 12.5. The molecule has 2 saturated heterocycles. The lowest BCUT2D eigenvalue weighted by Gasteiger charge is -2.28. The lowest BCUT2D eigenvalue weighted by atomic mass is 10.4. The van der Waals surface area contributed by atoms with Gasteiger partial charge >= 0.3 is 25.9 Å². The van der Waals surface area contributed by atoms with Crippen molar-refractivity contribution in [1.82, 2.24) is 13.7 Å². The molecule has 3 heterocycles. The first-order valence-electron chi connectivity index (χ1n) is 10.5. The van der Waals surface area contributed by atoms with Crippen LogP contribution in [0.25, 0.3) is 0 Å². The average molecular weight is 446 g/mol. The highest BCUT2D eigenvalue weighted by atomic mass is 28.4. The van der Waals surface area contributed by atoms with Crippen molar-refractivity contribution in [2.24, 2.45) is 0 Å². The van der Waals surface area contributed by atoms with Crippen molar-refractivity contribution in [2.75, 3.05) is 33.0 Å². The Labute approximate surface area is 175 Å². The maximum Gasteiger partial charge on any atom is 0.500 e.